The maximum atomic E-state index is 12.3. The summed E-state index contributed by atoms with van der Waals surface area (Å²) in [5, 5.41) is 6.56. The molecule has 7 nitrogen and oxygen atoms in total. The van der Waals surface area contributed by atoms with Gasteiger partial charge in [-0.05, 0) is 55.5 Å². The van der Waals surface area contributed by atoms with Gasteiger partial charge in [0.2, 0.25) is 10.0 Å². The molecule has 0 heterocycles. The molecule has 0 fully saturated rings. The molecular weight excluding hydrogens is 398 g/mol. The summed E-state index contributed by atoms with van der Waals surface area (Å²) in [4.78, 5) is 0.188. The largest absolute Gasteiger partial charge is 0.497 e. The zero-order valence-corrected chi connectivity index (χ0v) is 18.1. The minimum absolute atomic E-state index is 0.168. The van der Waals surface area contributed by atoms with E-state index < -0.39 is 10.0 Å². The molecule has 2 N–H and O–H groups in total. The van der Waals surface area contributed by atoms with E-state index in [1.165, 1.54) is 18.4 Å². The van der Waals surface area contributed by atoms with Crippen LogP contribution in [0.5, 0.6) is 11.5 Å². The molecule has 2 aromatic rings. The molecule has 0 amide bonds. The maximum Gasteiger partial charge on any atom is 0.242 e. The van der Waals surface area contributed by atoms with E-state index in [1.807, 2.05) is 25.1 Å². The number of sulfonamides is 1. The fourth-order valence-electron chi connectivity index (χ4n) is 2.56. The van der Waals surface area contributed by atoms with Crippen molar-refractivity contribution in [3.63, 3.8) is 0 Å². The lowest BCUT2D eigenvalue weighted by Crippen LogP contribution is -2.31. The van der Waals surface area contributed by atoms with Gasteiger partial charge in [0.15, 0.2) is 5.11 Å². The van der Waals surface area contributed by atoms with Crippen LogP contribution in [-0.4, -0.2) is 46.2 Å². The summed E-state index contributed by atoms with van der Waals surface area (Å²) in [5.74, 6) is 1.42. The van der Waals surface area contributed by atoms with Crippen molar-refractivity contribution in [3.05, 3.63) is 48.0 Å². The Balaban J connectivity index is 2.15. The number of nitrogens with zero attached hydrogens (tertiary/aromatic N) is 1. The highest BCUT2D eigenvalue weighted by Gasteiger charge is 2.18. The van der Waals surface area contributed by atoms with Crippen LogP contribution >= 0.6 is 12.2 Å². The number of thiocarbonyl (C=S) groups is 1. The second kappa shape index (κ2) is 9.22. The molecule has 0 saturated heterocycles. The van der Waals surface area contributed by atoms with Crippen LogP contribution < -0.4 is 20.1 Å². The molecule has 9 heteroatoms. The molecule has 0 unspecified atom stereocenters. The van der Waals surface area contributed by atoms with Crippen molar-refractivity contribution in [2.75, 3.05) is 33.6 Å². The Morgan fingerprint density at radius 2 is 1.82 bits per heavy atom. The quantitative estimate of drug-likeness (QED) is 0.663. The van der Waals surface area contributed by atoms with Crippen molar-refractivity contribution >= 4 is 33.0 Å². The second-order valence-electron chi connectivity index (χ2n) is 6.24. The minimum Gasteiger partial charge on any atom is -0.497 e. The molecule has 2 aromatic carbocycles. The second-order valence-corrected chi connectivity index (χ2v) is 8.80. The van der Waals surface area contributed by atoms with Gasteiger partial charge < -0.3 is 20.1 Å². The Labute approximate surface area is 171 Å². The highest BCUT2D eigenvalue weighted by molar-refractivity contribution is 7.89. The normalized spacial score (nSPS) is 12.4. The molecule has 1 atom stereocenters. The summed E-state index contributed by atoms with van der Waals surface area (Å²) in [5.41, 5.74) is 1.46. The van der Waals surface area contributed by atoms with E-state index in [1.54, 1.807) is 38.5 Å². The van der Waals surface area contributed by atoms with Gasteiger partial charge in [-0.2, -0.15) is 0 Å². The summed E-state index contributed by atoms with van der Waals surface area (Å²) in [6.45, 7) is 1.94. The van der Waals surface area contributed by atoms with Gasteiger partial charge in [0.05, 0.1) is 25.2 Å². The lowest BCUT2D eigenvalue weighted by Gasteiger charge is -2.20. The monoisotopic (exact) mass is 423 g/mol. The van der Waals surface area contributed by atoms with E-state index in [-0.39, 0.29) is 10.9 Å². The third kappa shape index (κ3) is 5.12. The summed E-state index contributed by atoms with van der Waals surface area (Å²) in [6.07, 6.45) is 0. The van der Waals surface area contributed by atoms with Crippen molar-refractivity contribution in [2.24, 2.45) is 0 Å². The average molecular weight is 424 g/mol. The standard InChI is InChI=1S/C19H25N3O4S2/c1-13(17-12-15(25-4)9-10-18(17)26-5)20-19(27)21-14-7-6-8-16(11-14)28(23,24)22(2)3/h6-13H,1-5H3,(H2,20,21,27)/t13-/m0/s1. The molecule has 28 heavy (non-hydrogen) atoms. The van der Waals surface area contributed by atoms with Crippen LogP contribution in [0.15, 0.2) is 47.4 Å². The van der Waals surface area contributed by atoms with Crippen molar-refractivity contribution in [3.8, 4) is 11.5 Å². The van der Waals surface area contributed by atoms with Crippen molar-refractivity contribution in [1.29, 1.82) is 0 Å². The fraction of sp³-hybridized carbons (Fsp3) is 0.316. The van der Waals surface area contributed by atoms with E-state index >= 15 is 0 Å². The highest BCUT2D eigenvalue weighted by atomic mass is 32.2. The van der Waals surface area contributed by atoms with Gasteiger partial charge in [-0.3, -0.25) is 0 Å². The number of anilines is 1. The first-order chi connectivity index (χ1) is 13.2. The van der Waals surface area contributed by atoms with Crippen LogP contribution in [-0.2, 0) is 10.0 Å². The van der Waals surface area contributed by atoms with Crippen molar-refractivity contribution < 1.29 is 17.9 Å². The minimum atomic E-state index is -3.52. The van der Waals surface area contributed by atoms with Crippen LogP contribution in [0.1, 0.15) is 18.5 Å². The SMILES string of the molecule is COc1ccc(OC)c([C@H](C)NC(=S)Nc2cccc(S(=O)(=O)N(C)C)c2)c1. The topological polar surface area (TPSA) is 79.9 Å². The maximum absolute atomic E-state index is 12.3. The Morgan fingerprint density at radius 1 is 1.11 bits per heavy atom. The molecule has 152 valence electrons. The first-order valence-electron chi connectivity index (χ1n) is 8.51. The van der Waals surface area contributed by atoms with E-state index in [4.69, 9.17) is 21.7 Å². The number of nitrogens with one attached hydrogen (secondary N) is 2. The van der Waals surface area contributed by atoms with Crippen LogP contribution in [0.2, 0.25) is 0 Å². The predicted molar refractivity (Wildman–Crippen MR) is 115 cm³/mol. The fourth-order valence-corrected chi connectivity index (χ4v) is 3.81. The van der Waals surface area contributed by atoms with Gasteiger partial charge in [0, 0.05) is 25.3 Å². The number of benzene rings is 2. The van der Waals surface area contributed by atoms with E-state index in [0.717, 1.165) is 5.56 Å². The van der Waals surface area contributed by atoms with Crippen molar-refractivity contribution in [2.45, 2.75) is 17.9 Å². The Kier molecular flexibility index (Phi) is 7.22. The average Bonchev–Trinajstić information content (AvgIpc) is 2.67. The zero-order chi connectivity index (χ0) is 20.9. The smallest absolute Gasteiger partial charge is 0.242 e. The highest BCUT2D eigenvalue weighted by Crippen LogP contribution is 2.29. The number of methoxy groups -OCH3 is 2. The molecule has 0 aliphatic carbocycles. The lowest BCUT2D eigenvalue weighted by molar-refractivity contribution is 0.395. The Morgan fingerprint density at radius 3 is 2.43 bits per heavy atom. The number of hydrogen-bond acceptors (Lipinski definition) is 5. The van der Waals surface area contributed by atoms with Gasteiger partial charge >= 0.3 is 0 Å². The summed E-state index contributed by atoms with van der Waals surface area (Å²) in [7, 11) is 2.67. The molecule has 0 aromatic heterocycles. The van der Waals surface area contributed by atoms with Gasteiger partial charge in [0.25, 0.3) is 0 Å². The van der Waals surface area contributed by atoms with E-state index in [9.17, 15) is 8.42 Å². The summed E-state index contributed by atoms with van der Waals surface area (Å²) in [6, 6.07) is 11.9. The molecule has 0 bridgehead atoms. The van der Waals surface area contributed by atoms with Crippen LogP contribution in [0.3, 0.4) is 0 Å². The molecular formula is C19H25N3O4S2. The molecule has 0 spiro atoms. The number of ether oxygens (including phenoxy) is 2. The van der Waals surface area contributed by atoms with Crippen LogP contribution in [0.4, 0.5) is 5.69 Å². The molecule has 0 radical (unpaired) electrons. The third-order valence-corrected chi connectivity index (χ3v) is 6.15. The Hall–Kier alpha value is -2.36. The lowest BCUT2D eigenvalue weighted by atomic mass is 10.1. The summed E-state index contributed by atoms with van der Waals surface area (Å²) >= 11 is 5.39. The summed E-state index contributed by atoms with van der Waals surface area (Å²) < 4.78 is 36.4. The van der Waals surface area contributed by atoms with Gasteiger partial charge in [0.1, 0.15) is 11.5 Å². The first kappa shape index (κ1) is 21.9. The molecule has 0 aliphatic rings. The third-order valence-electron chi connectivity index (χ3n) is 4.12. The Bertz CT molecular complexity index is 946. The van der Waals surface area contributed by atoms with Crippen LogP contribution in [0.25, 0.3) is 0 Å². The molecule has 0 saturated carbocycles. The zero-order valence-electron chi connectivity index (χ0n) is 16.5. The number of hydrogen-bond donors (Lipinski definition) is 2. The van der Waals surface area contributed by atoms with Crippen molar-refractivity contribution in [1.82, 2.24) is 9.62 Å². The van der Waals surface area contributed by atoms with E-state index in [0.29, 0.717) is 22.3 Å². The van der Waals surface area contributed by atoms with Crippen LogP contribution in [0, 0.1) is 0 Å². The van der Waals surface area contributed by atoms with Gasteiger partial charge in [-0.25, -0.2) is 12.7 Å². The first-order valence-corrected chi connectivity index (χ1v) is 10.4. The number of rotatable bonds is 7. The molecule has 0 aliphatic heterocycles. The van der Waals surface area contributed by atoms with Gasteiger partial charge in [-0.1, -0.05) is 6.07 Å². The van der Waals surface area contributed by atoms with Gasteiger partial charge in [-0.15, -0.1) is 0 Å². The molecule has 2 rings (SSSR count). The van der Waals surface area contributed by atoms with E-state index in [2.05, 4.69) is 10.6 Å². The predicted octanol–water partition coefficient (Wildman–Crippen LogP) is 3.00.